The zero-order chi connectivity index (χ0) is 23.2. The predicted octanol–water partition coefficient (Wildman–Crippen LogP) is 4.86. The van der Waals surface area contributed by atoms with Crippen LogP contribution in [0.2, 0.25) is 5.02 Å². The highest BCUT2D eigenvalue weighted by Gasteiger charge is 2.24. The van der Waals surface area contributed by atoms with Crippen molar-refractivity contribution in [2.24, 2.45) is 0 Å². The maximum Gasteiger partial charge on any atom is 0.319 e. The lowest BCUT2D eigenvalue weighted by molar-refractivity contribution is 0.246. The third-order valence-electron chi connectivity index (χ3n) is 5.24. The fourth-order valence-corrected chi connectivity index (χ4v) is 3.85. The molecule has 0 saturated carbocycles. The molecule has 0 aliphatic carbocycles. The molecule has 2 amide bonds. The van der Waals surface area contributed by atoms with E-state index in [9.17, 15) is 9.18 Å². The first-order chi connectivity index (χ1) is 16.0. The predicted molar refractivity (Wildman–Crippen MR) is 124 cm³/mol. The second-order valence-corrected chi connectivity index (χ2v) is 7.82. The van der Waals surface area contributed by atoms with Gasteiger partial charge in [0.2, 0.25) is 0 Å². The number of pyridine rings is 2. The van der Waals surface area contributed by atoms with E-state index in [0.29, 0.717) is 41.1 Å². The van der Waals surface area contributed by atoms with E-state index < -0.39 is 5.82 Å². The summed E-state index contributed by atoms with van der Waals surface area (Å²) in [6, 6.07) is 9.26. The van der Waals surface area contributed by atoms with Gasteiger partial charge in [-0.3, -0.25) is 4.98 Å². The normalized spacial score (nSPS) is 14.0. The number of nitrogens with zero attached hydrogens (tertiary/aromatic N) is 3. The number of benzene rings is 1. The van der Waals surface area contributed by atoms with E-state index in [4.69, 9.17) is 21.1 Å². The minimum Gasteiger partial charge on any atom is -0.494 e. The summed E-state index contributed by atoms with van der Waals surface area (Å²) in [7, 11) is 1.40. The molecule has 3 aromatic rings. The molecule has 0 radical (unpaired) electrons. The van der Waals surface area contributed by atoms with Gasteiger partial charge in [0.1, 0.15) is 10.8 Å². The second kappa shape index (κ2) is 10.4. The lowest BCUT2D eigenvalue weighted by Gasteiger charge is -2.33. The molecule has 1 saturated heterocycles. The first kappa shape index (κ1) is 22.6. The standard InChI is InChI=1S/C23H23ClFN5O3/c1-32-19-5-4-17(13-18(19)25)33-20-6-10-27-22(21(20)24)30-11-7-15(8-12-30)28-23(31)29-16-3-2-9-26-14-16/h2-6,9-10,13-15H,7-8,11-12H2,1H3,(H2,28,29,31). The minimum absolute atomic E-state index is 0.0263. The van der Waals surface area contributed by atoms with Crippen molar-refractivity contribution in [2.45, 2.75) is 18.9 Å². The summed E-state index contributed by atoms with van der Waals surface area (Å²) in [6.07, 6.45) is 6.29. The van der Waals surface area contributed by atoms with Crippen LogP contribution in [0, 0.1) is 5.82 Å². The number of ether oxygens (including phenoxy) is 2. The zero-order valence-corrected chi connectivity index (χ0v) is 18.7. The van der Waals surface area contributed by atoms with Gasteiger partial charge in [-0.2, -0.15) is 0 Å². The maximum absolute atomic E-state index is 14.0. The van der Waals surface area contributed by atoms with Gasteiger partial charge < -0.3 is 25.0 Å². The Kier molecular flexibility index (Phi) is 7.09. The van der Waals surface area contributed by atoms with Crippen molar-refractivity contribution in [2.75, 3.05) is 30.4 Å². The summed E-state index contributed by atoms with van der Waals surface area (Å²) in [5, 5.41) is 6.10. The van der Waals surface area contributed by atoms with Crippen LogP contribution in [0.4, 0.5) is 20.7 Å². The number of piperidine rings is 1. The Balaban J connectivity index is 1.35. The third kappa shape index (κ3) is 5.61. The van der Waals surface area contributed by atoms with Gasteiger partial charge in [0.15, 0.2) is 23.1 Å². The van der Waals surface area contributed by atoms with E-state index in [1.54, 1.807) is 42.9 Å². The number of anilines is 2. The van der Waals surface area contributed by atoms with Crippen LogP contribution in [0.25, 0.3) is 0 Å². The molecule has 10 heteroatoms. The van der Waals surface area contributed by atoms with Crippen molar-refractivity contribution < 1.29 is 18.7 Å². The van der Waals surface area contributed by atoms with Gasteiger partial charge >= 0.3 is 6.03 Å². The molecule has 172 valence electrons. The third-order valence-corrected chi connectivity index (χ3v) is 5.59. The van der Waals surface area contributed by atoms with Crippen molar-refractivity contribution >= 4 is 29.1 Å². The highest BCUT2D eigenvalue weighted by atomic mass is 35.5. The van der Waals surface area contributed by atoms with Crippen LogP contribution in [0.15, 0.2) is 55.0 Å². The number of methoxy groups -OCH3 is 1. The van der Waals surface area contributed by atoms with Gasteiger partial charge in [0, 0.05) is 43.7 Å². The molecule has 3 heterocycles. The number of rotatable bonds is 6. The number of urea groups is 1. The van der Waals surface area contributed by atoms with E-state index in [1.807, 2.05) is 4.90 Å². The van der Waals surface area contributed by atoms with Crippen molar-refractivity contribution in [3.63, 3.8) is 0 Å². The number of halogens is 2. The molecule has 0 bridgehead atoms. The first-order valence-corrected chi connectivity index (χ1v) is 10.8. The van der Waals surface area contributed by atoms with Crippen molar-refractivity contribution in [1.29, 1.82) is 0 Å². The van der Waals surface area contributed by atoms with Gasteiger partial charge in [-0.05, 0) is 37.1 Å². The van der Waals surface area contributed by atoms with Crippen LogP contribution in [-0.2, 0) is 0 Å². The van der Waals surface area contributed by atoms with Gasteiger partial charge in [0.25, 0.3) is 0 Å². The Labute approximate surface area is 195 Å². The Morgan fingerprint density at radius 3 is 2.70 bits per heavy atom. The highest BCUT2D eigenvalue weighted by Crippen LogP contribution is 2.37. The summed E-state index contributed by atoms with van der Waals surface area (Å²) in [4.78, 5) is 22.6. The Hall–Kier alpha value is -3.59. The topological polar surface area (TPSA) is 88.6 Å². The molecule has 1 aliphatic rings. The summed E-state index contributed by atoms with van der Waals surface area (Å²) < 4.78 is 24.7. The molecule has 1 fully saturated rings. The summed E-state index contributed by atoms with van der Waals surface area (Å²) in [6.45, 7) is 1.32. The summed E-state index contributed by atoms with van der Waals surface area (Å²) in [5.74, 6) is 0.871. The number of amides is 2. The molecule has 2 N–H and O–H groups in total. The number of nitrogens with one attached hydrogen (secondary N) is 2. The van der Waals surface area contributed by atoms with E-state index in [1.165, 1.54) is 19.2 Å². The van der Waals surface area contributed by atoms with Crippen LogP contribution in [-0.4, -0.2) is 42.2 Å². The molecule has 0 unspecified atom stereocenters. The highest BCUT2D eigenvalue weighted by molar-refractivity contribution is 6.34. The fraction of sp³-hybridized carbons (Fsp3) is 0.261. The number of hydrogen-bond donors (Lipinski definition) is 2. The van der Waals surface area contributed by atoms with E-state index in [-0.39, 0.29) is 17.8 Å². The van der Waals surface area contributed by atoms with Gasteiger partial charge in [-0.15, -0.1) is 0 Å². The monoisotopic (exact) mass is 471 g/mol. The largest absolute Gasteiger partial charge is 0.494 e. The zero-order valence-electron chi connectivity index (χ0n) is 17.9. The molecule has 1 aliphatic heterocycles. The molecule has 2 aromatic heterocycles. The van der Waals surface area contributed by atoms with Crippen molar-refractivity contribution in [3.05, 3.63) is 65.8 Å². The quantitative estimate of drug-likeness (QED) is 0.533. The molecule has 33 heavy (non-hydrogen) atoms. The Bertz CT molecular complexity index is 1110. The average molecular weight is 472 g/mol. The van der Waals surface area contributed by atoms with Gasteiger partial charge in [-0.25, -0.2) is 14.2 Å². The molecule has 4 rings (SSSR count). The van der Waals surface area contributed by atoms with Crippen molar-refractivity contribution in [1.82, 2.24) is 15.3 Å². The first-order valence-electron chi connectivity index (χ1n) is 10.4. The SMILES string of the molecule is COc1ccc(Oc2ccnc(N3CCC(NC(=O)Nc4cccnc4)CC3)c2Cl)cc1F. The molecule has 0 spiro atoms. The smallest absolute Gasteiger partial charge is 0.319 e. The summed E-state index contributed by atoms with van der Waals surface area (Å²) >= 11 is 6.57. The minimum atomic E-state index is -0.525. The molecule has 8 nitrogen and oxygen atoms in total. The Morgan fingerprint density at radius 1 is 1.18 bits per heavy atom. The summed E-state index contributed by atoms with van der Waals surface area (Å²) in [5.41, 5.74) is 0.636. The van der Waals surface area contributed by atoms with Crippen LogP contribution >= 0.6 is 11.6 Å². The number of carbonyl (C=O) groups is 1. The molecular formula is C23H23ClFN5O3. The van der Waals surface area contributed by atoms with E-state index >= 15 is 0 Å². The maximum atomic E-state index is 14.0. The Morgan fingerprint density at radius 2 is 2.00 bits per heavy atom. The lowest BCUT2D eigenvalue weighted by atomic mass is 10.1. The van der Waals surface area contributed by atoms with Crippen LogP contribution in [0.1, 0.15) is 12.8 Å². The second-order valence-electron chi connectivity index (χ2n) is 7.45. The number of aromatic nitrogens is 2. The van der Waals surface area contributed by atoms with E-state index in [2.05, 4.69) is 20.6 Å². The van der Waals surface area contributed by atoms with Crippen LogP contribution in [0.5, 0.6) is 17.2 Å². The van der Waals surface area contributed by atoms with Gasteiger partial charge in [0.05, 0.1) is 19.0 Å². The molecule has 0 atom stereocenters. The average Bonchev–Trinajstić information content (AvgIpc) is 2.82. The van der Waals surface area contributed by atoms with Crippen molar-refractivity contribution in [3.8, 4) is 17.2 Å². The number of hydrogen-bond acceptors (Lipinski definition) is 6. The number of carbonyl (C=O) groups excluding carboxylic acids is 1. The van der Waals surface area contributed by atoms with E-state index in [0.717, 1.165) is 12.8 Å². The van der Waals surface area contributed by atoms with Crippen LogP contribution in [0.3, 0.4) is 0 Å². The lowest BCUT2D eigenvalue weighted by Crippen LogP contribution is -2.46. The molecule has 1 aromatic carbocycles. The van der Waals surface area contributed by atoms with Crippen LogP contribution < -0.4 is 25.0 Å². The fourth-order valence-electron chi connectivity index (χ4n) is 3.58. The molecular weight excluding hydrogens is 449 g/mol. The van der Waals surface area contributed by atoms with Gasteiger partial charge in [-0.1, -0.05) is 11.6 Å².